The van der Waals surface area contributed by atoms with Crippen LogP contribution < -0.4 is 14.8 Å². The van der Waals surface area contributed by atoms with Gasteiger partial charge in [0.25, 0.3) is 11.5 Å². The average Bonchev–Trinajstić information content (AvgIpc) is 3.53. The second-order valence-electron chi connectivity index (χ2n) is 7.14. The molecule has 0 saturated heterocycles. The second-order valence-corrected chi connectivity index (χ2v) is 7.14. The fourth-order valence-corrected chi connectivity index (χ4v) is 4.14. The third-order valence-electron chi connectivity index (χ3n) is 5.59. The third-order valence-corrected chi connectivity index (χ3v) is 5.59. The van der Waals surface area contributed by atoms with Gasteiger partial charge in [0.2, 0.25) is 5.78 Å². The molecule has 5 rings (SSSR count). The van der Waals surface area contributed by atoms with Crippen LogP contribution in [0.2, 0.25) is 0 Å². The molecule has 2 aliphatic rings. The Bertz CT molecular complexity index is 1220. The first-order valence-corrected chi connectivity index (χ1v) is 9.57. The summed E-state index contributed by atoms with van der Waals surface area (Å²) in [4.78, 5) is 32.7. The third kappa shape index (κ3) is 2.64. The Hall–Kier alpha value is -4.07. The molecule has 1 N–H and O–H groups in total. The van der Waals surface area contributed by atoms with Crippen LogP contribution in [0.25, 0.3) is 0 Å². The lowest BCUT2D eigenvalue weighted by Crippen LogP contribution is -2.46. The summed E-state index contributed by atoms with van der Waals surface area (Å²) in [7, 11) is 3.05. The van der Waals surface area contributed by atoms with E-state index in [4.69, 9.17) is 18.7 Å². The first-order valence-electron chi connectivity index (χ1n) is 9.57. The van der Waals surface area contributed by atoms with Gasteiger partial charge in [-0.05, 0) is 36.4 Å². The highest BCUT2D eigenvalue weighted by atomic mass is 16.7. The Labute approximate surface area is 177 Å². The van der Waals surface area contributed by atoms with Crippen molar-refractivity contribution in [1.82, 2.24) is 0 Å². The predicted octanol–water partition coefficient (Wildman–Crippen LogP) is 3.38. The number of nitrogens with one attached hydrogen (secondary N) is 1. The molecule has 0 aliphatic carbocycles. The van der Waals surface area contributed by atoms with Crippen molar-refractivity contribution in [3.63, 3.8) is 0 Å². The van der Waals surface area contributed by atoms with Gasteiger partial charge in [-0.15, -0.1) is 0 Å². The van der Waals surface area contributed by atoms with Crippen molar-refractivity contribution in [3.8, 4) is 11.5 Å². The molecule has 2 atom stereocenters. The molecule has 0 radical (unpaired) electrons. The van der Waals surface area contributed by atoms with Crippen LogP contribution in [0.15, 0.2) is 70.4 Å². The smallest absolute Gasteiger partial charge is 0.277 e. The summed E-state index contributed by atoms with van der Waals surface area (Å²) >= 11 is 0. The minimum atomic E-state index is -1.66. The highest BCUT2D eigenvalue weighted by Crippen LogP contribution is 2.50. The summed E-state index contributed by atoms with van der Waals surface area (Å²) in [6, 6.07) is 15.4. The van der Waals surface area contributed by atoms with Gasteiger partial charge in [-0.1, -0.05) is 23.4 Å². The highest BCUT2D eigenvalue weighted by Gasteiger charge is 2.64. The normalized spacial score (nSPS) is 21.3. The van der Waals surface area contributed by atoms with Gasteiger partial charge < -0.3 is 24.0 Å². The number of nitrogens with zero attached hydrogens (tertiary/aromatic N) is 1. The number of Topliss-reactive ketones (excluding diaryl/α,β-unsaturated/α-hetero) is 1. The number of fused-ring (bicyclic) bond motifs is 2. The first kappa shape index (κ1) is 18.9. The van der Waals surface area contributed by atoms with Crippen LogP contribution in [0.3, 0.4) is 0 Å². The number of carbonyl (C=O) groups is 2. The number of hydrogen-bond donors (Lipinski definition) is 1. The van der Waals surface area contributed by atoms with Crippen molar-refractivity contribution < 1.29 is 28.3 Å². The van der Waals surface area contributed by atoms with Gasteiger partial charge in [0.1, 0.15) is 23.1 Å². The van der Waals surface area contributed by atoms with E-state index in [1.165, 1.54) is 20.5 Å². The number of benzene rings is 2. The number of oxime groups is 1. The number of anilines is 1. The molecule has 2 aliphatic heterocycles. The van der Waals surface area contributed by atoms with E-state index in [2.05, 4.69) is 10.5 Å². The summed E-state index contributed by atoms with van der Waals surface area (Å²) in [6.07, 6.45) is 1.40. The lowest BCUT2D eigenvalue weighted by molar-refractivity contribution is -0.140. The van der Waals surface area contributed by atoms with E-state index in [9.17, 15) is 9.59 Å². The quantitative estimate of drug-likeness (QED) is 0.638. The molecule has 1 aromatic heterocycles. The van der Waals surface area contributed by atoms with Crippen LogP contribution in [0.1, 0.15) is 21.7 Å². The van der Waals surface area contributed by atoms with E-state index in [1.807, 2.05) is 0 Å². The Morgan fingerprint density at radius 2 is 1.94 bits per heavy atom. The minimum absolute atomic E-state index is 0.0987. The van der Waals surface area contributed by atoms with Crippen molar-refractivity contribution in [2.24, 2.45) is 11.1 Å². The molecular weight excluding hydrogens is 400 g/mol. The molecule has 156 valence electrons. The lowest BCUT2D eigenvalue weighted by Gasteiger charge is -2.26. The molecule has 0 unspecified atom stereocenters. The van der Waals surface area contributed by atoms with Crippen LogP contribution in [0, 0.1) is 5.92 Å². The number of ketones is 1. The zero-order valence-corrected chi connectivity index (χ0v) is 16.7. The molecule has 0 bridgehead atoms. The Kier molecular flexibility index (Phi) is 4.28. The maximum atomic E-state index is 13.7. The van der Waals surface area contributed by atoms with E-state index < -0.39 is 23.2 Å². The van der Waals surface area contributed by atoms with Crippen LogP contribution in [-0.4, -0.2) is 31.6 Å². The zero-order valence-electron chi connectivity index (χ0n) is 16.7. The van der Waals surface area contributed by atoms with Crippen molar-refractivity contribution in [2.75, 3.05) is 19.5 Å². The van der Waals surface area contributed by atoms with Gasteiger partial charge in [0.05, 0.1) is 20.5 Å². The standard InChI is InChI=1S/C23H18N2O6/c1-28-13-9-10-17(29-2)14(12-13)20-19(21(26)18-8-5-11-30-18)23(31-25-20)15-6-3-4-7-16(15)24-22(23)27/h3-12,19H,1-2H3,(H,24,27)/t19-,23+/m1/s1. The number of hydrogen-bond acceptors (Lipinski definition) is 7. The highest BCUT2D eigenvalue weighted by molar-refractivity contribution is 6.25. The molecule has 3 heterocycles. The summed E-state index contributed by atoms with van der Waals surface area (Å²) in [5, 5.41) is 7.05. The molecule has 3 aromatic rings. The number of furan rings is 1. The van der Waals surface area contributed by atoms with Crippen LogP contribution in [0.4, 0.5) is 5.69 Å². The molecule has 1 amide bonds. The van der Waals surface area contributed by atoms with Crippen LogP contribution >= 0.6 is 0 Å². The fraction of sp³-hybridized carbons (Fsp3) is 0.174. The molecule has 31 heavy (non-hydrogen) atoms. The number of ether oxygens (including phenoxy) is 2. The molecule has 8 heteroatoms. The van der Waals surface area contributed by atoms with Crippen LogP contribution in [-0.2, 0) is 15.2 Å². The maximum absolute atomic E-state index is 13.7. The minimum Gasteiger partial charge on any atom is -0.497 e. The van der Waals surface area contributed by atoms with Gasteiger partial charge in [-0.3, -0.25) is 9.59 Å². The fourth-order valence-electron chi connectivity index (χ4n) is 4.14. The summed E-state index contributed by atoms with van der Waals surface area (Å²) in [5.74, 6) is -0.911. The van der Waals surface area contributed by atoms with E-state index in [-0.39, 0.29) is 11.5 Å². The van der Waals surface area contributed by atoms with Gasteiger partial charge in [-0.25, -0.2) is 0 Å². The van der Waals surface area contributed by atoms with Gasteiger partial charge in [-0.2, -0.15) is 0 Å². The summed E-state index contributed by atoms with van der Waals surface area (Å²) in [6.45, 7) is 0. The summed E-state index contributed by atoms with van der Waals surface area (Å²) < 4.78 is 16.2. The Morgan fingerprint density at radius 3 is 2.68 bits per heavy atom. The average molecular weight is 418 g/mol. The molecular formula is C23H18N2O6. The molecule has 0 saturated carbocycles. The monoisotopic (exact) mass is 418 g/mol. The largest absolute Gasteiger partial charge is 0.497 e. The summed E-state index contributed by atoms with van der Waals surface area (Å²) in [5.41, 5.74) is 0.179. The zero-order chi connectivity index (χ0) is 21.6. The van der Waals surface area contributed by atoms with Crippen molar-refractivity contribution in [3.05, 3.63) is 77.7 Å². The van der Waals surface area contributed by atoms with Gasteiger partial charge in [0.15, 0.2) is 5.76 Å². The lowest BCUT2D eigenvalue weighted by atomic mass is 9.75. The van der Waals surface area contributed by atoms with E-state index in [0.717, 1.165) is 0 Å². The number of carbonyl (C=O) groups excluding carboxylic acids is 2. The van der Waals surface area contributed by atoms with Gasteiger partial charge in [0, 0.05) is 16.8 Å². The van der Waals surface area contributed by atoms with Crippen molar-refractivity contribution in [1.29, 1.82) is 0 Å². The number of rotatable bonds is 5. The first-order chi connectivity index (χ1) is 15.1. The predicted molar refractivity (Wildman–Crippen MR) is 110 cm³/mol. The van der Waals surface area contributed by atoms with Crippen LogP contribution in [0.5, 0.6) is 11.5 Å². The second kappa shape index (κ2) is 7.02. The molecule has 8 nitrogen and oxygen atoms in total. The maximum Gasteiger partial charge on any atom is 0.277 e. The van der Waals surface area contributed by atoms with E-state index in [1.54, 1.807) is 54.6 Å². The van der Waals surface area contributed by atoms with E-state index in [0.29, 0.717) is 28.3 Å². The Morgan fingerprint density at radius 1 is 1.10 bits per heavy atom. The van der Waals surface area contributed by atoms with E-state index >= 15 is 0 Å². The topological polar surface area (TPSA) is 99.4 Å². The number of amides is 1. The Balaban J connectivity index is 1.73. The number of methoxy groups -OCH3 is 2. The van der Waals surface area contributed by atoms with Gasteiger partial charge >= 0.3 is 0 Å². The van der Waals surface area contributed by atoms with Crippen molar-refractivity contribution in [2.45, 2.75) is 5.60 Å². The van der Waals surface area contributed by atoms with Crippen molar-refractivity contribution >= 4 is 23.1 Å². The molecule has 0 fully saturated rings. The SMILES string of the molecule is COc1ccc(OC)c(C2=NO[C@]3(C(=O)Nc4ccccc43)[C@H]2C(=O)c2ccco2)c1. The number of para-hydroxylation sites is 1. The molecule has 2 aromatic carbocycles. The molecule has 1 spiro atoms.